The van der Waals surface area contributed by atoms with E-state index in [1.54, 1.807) is 0 Å². The molecule has 4 heteroatoms. The third kappa shape index (κ3) is 3.67. The van der Waals surface area contributed by atoms with E-state index in [4.69, 9.17) is 9.47 Å². The van der Waals surface area contributed by atoms with Crippen molar-refractivity contribution in [3.05, 3.63) is 158 Å². The highest BCUT2D eigenvalue weighted by Gasteiger charge is 2.36. The quantitative estimate of drug-likeness (QED) is 0.205. The first-order valence-corrected chi connectivity index (χ1v) is 15.5. The van der Waals surface area contributed by atoms with Crippen molar-refractivity contribution in [2.45, 2.75) is 0 Å². The molecular formula is C42H26N2O2. The summed E-state index contributed by atoms with van der Waals surface area (Å²) in [6, 6.07) is 55.2. The number of hydrogen-bond acceptors (Lipinski definition) is 3. The van der Waals surface area contributed by atoms with E-state index >= 15 is 0 Å². The summed E-state index contributed by atoms with van der Waals surface area (Å²) < 4.78 is 16.0. The Kier molecular flexibility index (Phi) is 5.25. The third-order valence-corrected chi connectivity index (χ3v) is 9.14. The average Bonchev–Trinajstić information content (AvgIpc) is 3.46. The zero-order valence-electron chi connectivity index (χ0n) is 24.7. The first-order valence-electron chi connectivity index (χ1n) is 15.5. The van der Waals surface area contributed by atoms with Gasteiger partial charge in [0.1, 0.15) is 5.69 Å². The van der Waals surface area contributed by atoms with Crippen molar-refractivity contribution in [2.24, 2.45) is 0 Å². The summed E-state index contributed by atoms with van der Waals surface area (Å²) in [5, 5.41) is 2.42. The first kappa shape index (κ1) is 25.1. The van der Waals surface area contributed by atoms with Gasteiger partial charge in [-0.1, -0.05) is 109 Å². The van der Waals surface area contributed by atoms with Gasteiger partial charge in [-0.05, 0) is 58.7 Å². The zero-order chi connectivity index (χ0) is 30.2. The molecule has 46 heavy (non-hydrogen) atoms. The summed E-state index contributed by atoms with van der Waals surface area (Å²) in [5.74, 6) is 3.12. The van der Waals surface area contributed by atoms with Crippen LogP contribution < -0.4 is 14.4 Å². The fourth-order valence-electron chi connectivity index (χ4n) is 7.06. The van der Waals surface area contributed by atoms with Crippen molar-refractivity contribution in [2.75, 3.05) is 4.90 Å². The van der Waals surface area contributed by atoms with Crippen LogP contribution in [0.15, 0.2) is 158 Å². The second-order valence-corrected chi connectivity index (χ2v) is 11.8. The van der Waals surface area contributed by atoms with Gasteiger partial charge >= 0.3 is 0 Å². The maximum atomic E-state index is 6.82. The van der Waals surface area contributed by atoms with Crippen LogP contribution in [0.2, 0.25) is 0 Å². The second kappa shape index (κ2) is 9.62. The van der Waals surface area contributed by atoms with Crippen molar-refractivity contribution < 1.29 is 9.47 Å². The molecule has 0 saturated heterocycles. The third-order valence-electron chi connectivity index (χ3n) is 9.14. The van der Waals surface area contributed by atoms with Gasteiger partial charge in [0, 0.05) is 22.9 Å². The van der Waals surface area contributed by atoms with E-state index in [-0.39, 0.29) is 0 Å². The molecule has 7 aromatic carbocycles. The van der Waals surface area contributed by atoms with Crippen LogP contribution >= 0.6 is 0 Å². The highest BCUT2D eigenvalue weighted by molar-refractivity contribution is 6.09. The van der Waals surface area contributed by atoms with Gasteiger partial charge in [0.2, 0.25) is 0 Å². The summed E-state index contributed by atoms with van der Waals surface area (Å²) in [6.45, 7) is 0. The summed E-state index contributed by atoms with van der Waals surface area (Å²) in [6.07, 6.45) is 0. The van der Waals surface area contributed by atoms with Gasteiger partial charge in [-0.3, -0.25) is 4.90 Å². The molecule has 4 nitrogen and oxygen atoms in total. The minimum Gasteiger partial charge on any atom is -0.453 e. The van der Waals surface area contributed by atoms with Gasteiger partial charge in [-0.2, -0.15) is 0 Å². The number of rotatable bonds is 3. The van der Waals surface area contributed by atoms with E-state index < -0.39 is 0 Å². The van der Waals surface area contributed by atoms with E-state index in [1.165, 1.54) is 10.8 Å². The summed E-state index contributed by atoms with van der Waals surface area (Å²) >= 11 is 0. The topological polar surface area (TPSA) is 26.6 Å². The largest absolute Gasteiger partial charge is 0.453 e. The molecule has 8 aromatic rings. The highest BCUT2D eigenvalue weighted by Crippen LogP contribution is 2.61. The lowest BCUT2D eigenvalue weighted by Gasteiger charge is -2.38. The lowest BCUT2D eigenvalue weighted by molar-refractivity contribution is 0.446. The molecule has 0 radical (unpaired) electrons. The lowest BCUT2D eigenvalue weighted by atomic mass is 10.0. The molecule has 0 spiro atoms. The first-order chi connectivity index (χ1) is 22.8. The van der Waals surface area contributed by atoms with Gasteiger partial charge in [0.15, 0.2) is 23.0 Å². The van der Waals surface area contributed by atoms with Crippen molar-refractivity contribution in [1.29, 1.82) is 0 Å². The number of benzene rings is 7. The Morgan fingerprint density at radius 2 is 0.826 bits per heavy atom. The molecule has 0 unspecified atom stereocenters. The fourth-order valence-corrected chi connectivity index (χ4v) is 7.06. The molecule has 216 valence electrons. The molecule has 3 heterocycles. The molecule has 0 fully saturated rings. The standard InChI is InChI=1S/C42H26N2O2/c1-3-11-27(12-4-1)29-19-21-36-38(23-29)45-40-25-31(43-34-17-9-7-15-32(34)33-16-8-10-18-35(33)43)26-41-42(40)44(36)37-22-20-30(24-39(37)46-41)28-13-5-2-6-14-28/h1-26H. The second-order valence-electron chi connectivity index (χ2n) is 11.8. The number of anilines is 3. The van der Waals surface area contributed by atoms with Crippen molar-refractivity contribution in [3.8, 4) is 50.9 Å². The average molecular weight is 591 g/mol. The predicted octanol–water partition coefficient (Wildman–Crippen LogP) is 11.8. The highest BCUT2D eigenvalue weighted by atomic mass is 16.5. The fraction of sp³-hybridized carbons (Fsp3) is 0. The van der Waals surface area contributed by atoms with E-state index in [2.05, 4.69) is 155 Å². The van der Waals surface area contributed by atoms with Gasteiger partial charge in [-0.15, -0.1) is 0 Å². The smallest absolute Gasteiger partial charge is 0.157 e. The lowest BCUT2D eigenvalue weighted by Crippen LogP contribution is -2.20. The van der Waals surface area contributed by atoms with E-state index in [0.717, 1.165) is 79.0 Å². The normalized spacial score (nSPS) is 12.7. The summed E-state index contributed by atoms with van der Waals surface area (Å²) in [5.41, 5.74) is 10.6. The zero-order valence-corrected chi connectivity index (χ0v) is 24.7. The molecule has 0 N–H and O–H groups in total. The molecule has 10 rings (SSSR count). The Labute approximate surface area is 265 Å². The maximum absolute atomic E-state index is 6.82. The van der Waals surface area contributed by atoms with Gasteiger partial charge in [0.05, 0.1) is 28.1 Å². The Hall–Kier alpha value is -6.26. The van der Waals surface area contributed by atoms with Crippen LogP contribution in [0.3, 0.4) is 0 Å². The van der Waals surface area contributed by atoms with Gasteiger partial charge in [0.25, 0.3) is 0 Å². The van der Waals surface area contributed by atoms with Crippen molar-refractivity contribution >= 4 is 38.9 Å². The number of nitrogens with zero attached hydrogens (tertiary/aromatic N) is 2. The monoisotopic (exact) mass is 590 g/mol. The minimum absolute atomic E-state index is 0.754. The number of ether oxygens (including phenoxy) is 2. The number of para-hydroxylation sites is 2. The molecule has 0 aliphatic carbocycles. The summed E-state index contributed by atoms with van der Waals surface area (Å²) in [7, 11) is 0. The number of hydrogen-bond donors (Lipinski definition) is 0. The molecule has 2 aliphatic rings. The van der Waals surface area contributed by atoms with E-state index in [1.807, 2.05) is 12.1 Å². The van der Waals surface area contributed by atoms with Crippen LogP contribution in [0.25, 0.3) is 49.7 Å². The van der Waals surface area contributed by atoms with E-state index in [9.17, 15) is 0 Å². The molecular weight excluding hydrogens is 564 g/mol. The molecule has 0 saturated carbocycles. The number of aromatic nitrogens is 1. The van der Waals surface area contributed by atoms with Crippen LogP contribution in [0.1, 0.15) is 0 Å². The van der Waals surface area contributed by atoms with Crippen LogP contribution in [0, 0.1) is 0 Å². The van der Waals surface area contributed by atoms with Crippen molar-refractivity contribution in [3.63, 3.8) is 0 Å². The van der Waals surface area contributed by atoms with Crippen molar-refractivity contribution in [1.82, 2.24) is 4.57 Å². The Balaban J connectivity index is 1.22. The summed E-state index contributed by atoms with van der Waals surface area (Å²) in [4.78, 5) is 2.29. The molecule has 0 bridgehead atoms. The van der Waals surface area contributed by atoms with E-state index in [0.29, 0.717) is 0 Å². The Morgan fingerprint density at radius 1 is 0.370 bits per heavy atom. The molecule has 1 aromatic heterocycles. The van der Waals surface area contributed by atoms with Crippen LogP contribution in [-0.2, 0) is 0 Å². The SMILES string of the molecule is c1ccc(-c2ccc3c(c2)Oc2cc(-n4c5ccccc5c5ccccc54)cc4c2N3c2ccc(-c3ccccc3)cc2O4)cc1. The van der Waals surface area contributed by atoms with Crippen LogP contribution in [0.4, 0.5) is 17.1 Å². The predicted molar refractivity (Wildman–Crippen MR) is 186 cm³/mol. The van der Waals surface area contributed by atoms with Gasteiger partial charge < -0.3 is 14.0 Å². The molecule has 0 amide bonds. The molecule has 2 aliphatic heterocycles. The number of fused-ring (bicyclic) bond motifs is 7. The Bertz CT molecular complexity index is 2310. The maximum Gasteiger partial charge on any atom is 0.157 e. The Morgan fingerprint density at radius 3 is 1.33 bits per heavy atom. The molecule has 0 atom stereocenters. The van der Waals surface area contributed by atoms with Gasteiger partial charge in [-0.25, -0.2) is 0 Å². The van der Waals surface area contributed by atoms with Crippen LogP contribution in [-0.4, -0.2) is 4.57 Å². The van der Waals surface area contributed by atoms with Crippen LogP contribution in [0.5, 0.6) is 23.0 Å². The minimum atomic E-state index is 0.754.